The summed E-state index contributed by atoms with van der Waals surface area (Å²) in [4.78, 5) is 37.9. The van der Waals surface area contributed by atoms with Crippen LogP contribution >= 0.6 is 0 Å². The Balaban J connectivity index is 4.49. The van der Waals surface area contributed by atoms with E-state index in [1.165, 1.54) is 44.9 Å². The lowest BCUT2D eigenvalue weighted by atomic mass is 10.1. The molecule has 6 heteroatoms. The molecular formula is C54H88O6. The fraction of sp³-hybridized carbons (Fsp3) is 0.648. The first-order valence-electron chi connectivity index (χ1n) is 24.3. The molecule has 0 rings (SSSR count). The average molecular weight is 833 g/mol. The summed E-state index contributed by atoms with van der Waals surface area (Å²) in [6, 6.07) is 0. The molecule has 0 heterocycles. The van der Waals surface area contributed by atoms with Crippen molar-refractivity contribution in [3.05, 3.63) is 97.2 Å². The number of unbranched alkanes of at least 4 members (excludes halogenated alkanes) is 20. The second kappa shape index (κ2) is 48.0. The minimum Gasteiger partial charge on any atom is -0.462 e. The van der Waals surface area contributed by atoms with Gasteiger partial charge in [-0.2, -0.15) is 0 Å². The van der Waals surface area contributed by atoms with Gasteiger partial charge in [-0.15, -0.1) is 0 Å². The van der Waals surface area contributed by atoms with Crippen LogP contribution < -0.4 is 0 Å². The summed E-state index contributed by atoms with van der Waals surface area (Å²) in [7, 11) is 0. The zero-order valence-electron chi connectivity index (χ0n) is 38.7. The number of rotatable bonds is 42. The molecule has 0 bridgehead atoms. The molecular weight excluding hydrogens is 745 g/mol. The largest absolute Gasteiger partial charge is 0.462 e. The van der Waals surface area contributed by atoms with Crippen molar-refractivity contribution >= 4 is 17.9 Å². The SMILES string of the molecule is CC\C=C/C=C\C=C/CCCCCCCC(=O)OCC(COC(=O)CCCCC/C=C\C=C/CCCCCCCCC)OC(=O)CCCCCCC\C=C/C=C\C=C/CC. The van der Waals surface area contributed by atoms with Gasteiger partial charge in [0.05, 0.1) is 0 Å². The quantitative estimate of drug-likeness (QED) is 0.0264. The van der Waals surface area contributed by atoms with E-state index in [-0.39, 0.29) is 31.1 Å². The Bertz CT molecular complexity index is 1230. The van der Waals surface area contributed by atoms with Crippen molar-refractivity contribution in [2.75, 3.05) is 13.2 Å². The molecule has 0 saturated heterocycles. The van der Waals surface area contributed by atoms with Crippen molar-refractivity contribution in [1.82, 2.24) is 0 Å². The van der Waals surface area contributed by atoms with Gasteiger partial charge in [0.2, 0.25) is 0 Å². The molecule has 340 valence electrons. The molecule has 1 atom stereocenters. The lowest BCUT2D eigenvalue weighted by Gasteiger charge is -2.18. The highest BCUT2D eigenvalue weighted by molar-refractivity contribution is 5.71. The summed E-state index contributed by atoms with van der Waals surface area (Å²) in [5.74, 6) is -0.980. The molecule has 0 aromatic carbocycles. The van der Waals surface area contributed by atoms with Crippen LogP contribution in [0.2, 0.25) is 0 Å². The van der Waals surface area contributed by atoms with Gasteiger partial charge in [-0.3, -0.25) is 14.4 Å². The highest BCUT2D eigenvalue weighted by Gasteiger charge is 2.19. The smallest absolute Gasteiger partial charge is 0.306 e. The number of esters is 3. The molecule has 0 amide bonds. The van der Waals surface area contributed by atoms with Crippen LogP contribution in [0.4, 0.5) is 0 Å². The maximum atomic E-state index is 12.7. The molecule has 0 spiro atoms. The lowest BCUT2D eigenvalue weighted by molar-refractivity contribution is -0.167. The summed E-state index contributed by atoms with van der Waals surface area (Å²) in [6.45, 7) is 6.29. The molecule has 0 aromatic heterocycles. The molecule has 0 aliphatic carbocycles. The first-order valence-corrected chi connectivity index (χ1v) is 24.3. The second-order valence-corrected chi connectivity index (χ2v) is 15.8. The summed E-state index contributed by atoms with van der Waals surface area (Å²) < 4.78 is 16.7. The third-order valence-corrected chi connectivity index (χ3v) is 9.95. The molecule has 0 saturated carbocycles. The van der Waals surface area contributed by atoms with Crippen LogP contribution in [0.25, 0.3) is 0 Å². The number of allylic oxidation sites excluding steroid dienone is 16. The predicted molar refractivity (Wildman–Crippen MR) is 256 cm³/mol. The van der Waals surface area contributed by atoms with Gasteiger partial charge in [0.25, 0.3) is 0 Å². The first-order chi connectivity index (χ1) is 29.5. The number of hydrogen-bond donors (Lipinski definition) is 0. The van der Waals surface area contributed by atoms with Crippen LogP contribution in [0.1, 0.15) is 207 Å². The molecule has 60 heavy (non-hydrogen) atoms. The molecule has 1 unspecified atom stereocenters. The van der Waals surface area contributed by atoms with Crippen molar-refractivity contribution in [2.45, 2.75) is 213 Å². The number of carbonyl (C=O) groups excluding carboxylic acids is 3. The van der Waals surface area contributed by atoms with E-state index in [1.54, 1.807) is 0 Å². The third kappa shape index (κ3) is 45.4. The predicted octanol–water partition coefficient (Wildman–Crippen LogP) is 15.8. The zero-order chi connectivity index (χ0) is 43.7. The summed E-state index contributed by atoms with van der Waals surface area (Å²) >= 11 is 0. The fourth-order valence-corrected chi connectivity index (χ4v) is 6.31. The topological polar surface area (TPSA) is 78.9 Å². The Morgan fingerprint density at radius 2 is 0.650 bits per heavy atom. The standard InChI is InChI=1S/C54H88O6/c1-4-7-10-13-16-19-22-25-26-27-30-32-35-38-41-44-47-53(56)59-50-51(60-54(57)48-45-42-39-36-33-29-24-21-18-15-12-9-6-3)49-58-52(55)46-43-40-37-34-31-28-23-20-17-14-11-8-5-2/h8-9,11-12,14-15,17-18,20-21,23-24,26-27,30,32,51H,4-7,10,13,16,19,22,25,28-29,31,33-50H2,1-3H3/b11-8-,12-9-,17-14-,18-15-,23-20-,24-21-,27-26-,32-30-. The molecule has 6 nitrogen and oxygen atoms in total. The maximum absolute atomic E-state index is 12.7. The van der Waals surface area contributed by atoms with Crippen molar-refractivity contribution in [3.63, 3.8) is 0 Å². The van der Waals surface area contributed by atoms with Crippen LogP contribution in [-0.2, 0) is 28.6 Å². The number of carbonyl (C=O) groups is 3. The van der Waals surface area contributed by atoms with Crippen LogP contribution in [0.15, 0.2) is 97.2 Å². The van der Waals surface area contributed by atoms with E-state index in [0.29, 0.717) is 19.3 Å². The van der Waals surface area contributed by atoms with Gasteiger partial charge in [-0.1, -0.05) is 201 Å². The van der Waals surface area contributed by atoms with Crippen LogP contribution in [0.5, 0.6) is 0 Å². The highest BCUT2D eigenvalue weighted by Crippen LogP contribution is 2.13. The van der Waals surface area contributed by atoms with Crippen LogP contribution in [-0.4, -0.2) is 37.2 Å². The Kier molecular flexibility index (Phi) is 45.1. The van der Waals surface area contributed by atoms with Crippen molar-refractivity contribution in [1.29, 1.82) is 0 Å². The Hall–Kier alpha value is -3.67. The second-order valence-electron chi connectivity index (χ2n) is 15.8. The zero-order valence-corrected chi connectivity index (χ0v) is 38.7. The van der Waals surface area contributed by atoms with Crippen molar-refractivity contribution < 1.29 is 28.6 Å². The molecule has 0 aromatic rings. The summed E-state index contributed by atoms with van der Waals surface area (Å²) in [5, 5.41) is 0. The molecule has 0 radical (unpaired) electrons. The van der Waals surface area contributed by atoms with Crippen molar-refractivity contribution in [3.8, 4) is 0 Å². The van der Waals surface area contributed by atoms with E-state index in [0.717, 1.165) is 122 Å². The minimum atomic E-state index is -0.807. The van der Waals surface area contributed by atoms with E-state index in [2.05, 4.69) is 112 Å². The van der Waals surface area contributed by atoms with Gasteiger partial charge in [-0.05, 0) is 83.5 Å². The van der Waals surface area contributed by atoms with Gasteiger partial charge in [-0.25, -0.2) is 0 Å². The van der Waals surface area contributed by atoms with Gasteiger partial charge < -0.3 is 14.2 Å². The van der Waals surface area contributed by atoms with E-state index >= 15 is 0 Å². The van der Waals surface area contributed by atoms with Crippen LogP contribution in [0.3, 0.4) is 0 Å². The van der Waals surface area contributed by atoms with E-state index in [1.807, 2.05) is 6.08 Å². The number of ether oxygens (including phenoxy) is 3. The van der Waals surface area contributed by atoms with E-state index < -0.39 is 6.10 Å². The lowest BCUT2D eigenvalue weighted by Crippen LogP contribution is -2.30. The summed E-state index contributed by atoms with van der Waals surface area (Å²) in [6.07, 6.45) is 62.5. The monoisotopic (exact) mass is 833 g/mol. The molecule has 0 fully saturated rings. The number of hydrogen-bond acceptors (Lipinski definition) is 6. The Morgan fingerprint density at radius 3 is 1.03 bits per heavy atom. The first kappa shape index (κ1) is 56.3. The minimum absolute atomic E-state index is 0.107. The molecule has 0 N–H and O–H groups in total. The molecule has 0 aliphatic heterocycles. The maximum Gasteiger partial charge on any atom is 0.306 e. The van der Waals surface area contributed by atoms with Gasteiger partial charge in [0, 0.05) is 19.3 Å². The third-order valence-electron chi connectivity index (χ3n) is 9.95. The highest BCUT2D eigenvalue weighted by atomic mass is 16.6. The Labute approximate surface area is 368 Å². The molecule has 0 aliphatic rings. The fourth-order valence-electron chi connectivity index (χ4n) is 6.31. The van der Waals surface area contributed by atoms with E-state index in [9.17, 15) is 14.4 Å². The summed E-state index contributed by atoms with van der Waals surface area (Å²) in [5.41, 5.74) is 0. The average Bonchev–Trinajstić information content (AvgIpc) is 3.24. The Morgan fingerprint density at radius 1 is 0.350 bits per heavy atom. The van der Waals surface area contributed by atoms with Gasteiger partial charge in [0.15, 0.2) is 6.10 Å². The van der Waals surface area contributed by atoms with Crippen molar-refractivity contribution in [2.24, 2.45) is 0 Å². The van der Waals surface area contributed by atoms with Gasteiger partial charge >= 0.3 is 17.9 Å². The van der Waals surface area contributed by atoms with E-state index in [4.69, 9.17) is 14.2 Å². The normalized spacial score (nSPS) is 12.9. The van der Waals surface area contributed by atoms with Crippen LogP contribution in [0, 0.1) is 0 Å². The van der Waals surface area contributed by atoms with Gasteiger partial charge in [0.1, 0.15) is 13.2 Å².